The highest BCUT2D eigenvalue weighted by Gasteiger charge is 2.29. The van der Waals surface area contributed by atoms with Crippen LogP contribution >= 0.6 is 0 Å². The Morgan fingerprint density at radius 1 is 1.07 bits per heavy atom. The van der Waals surface area contributed by atoms with Crippen LogP contribution in [0.2, 0.25) is 0 Å². The maximum Gasteiger partial charge on any atom is 0.258 e. The van der Waals surface area contributed by atoms with Crippen LogP contribution in [-0.2, 0) is 22.6 Å². The largest absolute Gasteiger partial charge is 0.508 e. The van der Waals surface area contributed by atoms with Crippen molar-refractivity contribution in [3.05, 3.63) is 52.6 Å². The Balaban J connectivity index is 1.70. The van der Waals surface area contributed by atoms with E-state index >= 15 is 0 Å². The van der Waals surface area contributed by atoms with Crippen LogP contribution in [-0.4, -0.2) is 54.6 Å². The molecule has 0 bridgehead atoms. The summed E-state index contributed by atoms with van der Waals surface area (Å²) in [5, 5.41) is 20.3. The van der Waals surface area contributed by atoms with E-state index in [1.165, 1.54) is 6.07 Å². The average molecular weight is 415 g/mol. The summed E-state index contributed by atoms with van der Waals surface area (Å²) in [6.07, 6.45) is 0. The van der Waals surface area contributed by atoms with Gasteiger partial charge in [0.2, 0.25) is 0 Å². The van der Waals surface area contributed by atoms with Gasteiger partial charge in [-0.3, -0.25) is 4.79 Å². The fraction of sp³-hybridized carbons (Fsp3) is 0.435. The summed E-state index contributed by atoms with van der Waals surface area (Å²) >= 11 is 0. The van der Waals surface area contributed by atoms with Crippen LogP contribution < -0.4 is 4.74 Å². The lowest BCUT2D eigenvalue weighted by Gasteiger charge is -2.18. The van der Waals surface area contributed by atoms with E-state index in [-0.39, 0.29) is 28.9 Å². The normalized spacial score (nSPS) is 13.0. The van der Waals surface area contributed by atoms with E-state index < -0.39 is 0 Å². The summed E-state index contributed by atoms with van der Waals surface area (Å²) in [6, 6.07) is 8.58. The molecule has 2 aromatic rings. The molecular weight excluding hydrogens is 386 g/mol. The van der Waals surface area contributed by atoms with E-state index in [0.29, 0.717) is 45.1 Å². The number of ether oxygens (including phenoxy) is 3. The molecule has 7 nitrogen and oxygen atoms in total. The zero-order chi connectivity index (χ0) is 21.7. The van der Waals surface area contributed by atoms with Crippen molar-refractivity contribution >= 4 is 5.91 Å². The van der Waals surface area contributed by atoms with Gasteiger partial charge < -0.3 is 29.3 Å². The van der Waals surface area contributed by atoms with Gasteiger partial charge in [0.15, 0.2) is 0 Å². The van der Waals surface area contributed by atoms with Gasteiger partial charge >= 0.3 is 0 Å². The first kappa shape index (κ1) is 21.9. The summed E-state index contributed by atoms with van der Waals surface area (Å²) in [7, 11) is 1.63. The molecule has 2 N–H and O–H groups in total. The molecule has 1 aliphatic heterocycles. The van der Waals surface area contributed by atoms with E-state index in [1.54, 1.807) is 18.1 Å². The molecular formula is C23H29NO6. The van der Waals surface area contributed by atoms with Gasteiger partial charge in [0.25, 0.3) is 5.91 Å². The third-order valence-electron chi connectivity index (χ3n) is 5.14. The maximum atomic E-state index is 13.1. The number of methoxy groups -OCH3 is 1. The number of carbonyl (C=O) groups excluding carboxylic acids is 1. The van der Waals surface area contributed by atoms with Crippen molar-refractivity contribution < 1.29 is 29.2 Å². The third kappa shape index (κ3) is 4.86. The predicted molar refractivity (Wildman–Crippen MR) is 112 cm³/mol. The molecule has 0 fully saturated rings. The second-order valence-electron chi connectivity index (χ2n) is 7.59. The van der Waals surface area contributed by atoms with Crippen LogP contribution in [0.4, 0.5) is 0 Å². The molecule has 2 aromatic carbocycles. The molecule has 0 saturated carbocycles. The molecule has 0 spiro atoms. The highest BCUT2D eigenvalue weighted by molar-refractivity contribution is 5.97. The number of phenolic OH excluding ortho intramolecular Hbond substituents is 2. The minimum atomic E-state index is -0.278. The number of fused-ring (bicyclic) bond motifs is 1. The Labute approximate surface area is 176 Å². The standard InChI is InChI=1S/C23H29NO6/c1-15(2)17-11-18(21(26)12-20(17)25)23(27)24-13-16-5-4-6-22(19(16)14-24)30-10-9-29-8-7-28-3/h4-6,11-12,15,25-26H,7-10,13-14H2,1-3H3. The van der Waals surface area contributed by atoms with Crippen molar-refractivity contribution in [1.29, 1.82) is 0 Å². The van der Waals surface area contributed by atoms with Gasteiger partial charge in [0, 0.05) is 25.3 Å². The molecule has 30 heavy (non-hydrogen) atoms. The molecule has 7 heteroatoms. The Bertz CT molecular complexity index is 896. The highest BCUT2D eigenvalue weighted by Crippen LogP contribution is 2.36. The fourth-order valence-electron chi connectivity index (χ4n) is 3.52. The van der Waals surface area contributed by atoms with Crippen molar-refractivity contribution in [3.8, 4) is 17.2 Å². The summed E-state index contributed by atoms with van der Waals surface area (Å²) in [4.78, 5) is 14.8. The van der Waals surface area contributed by atoms with Crippen LogP contribution in [0.25, 0.3) is 0 Å². The summed E-state index contributed by atoms with van der Waals surface area (Å²) < 4.78 is 16.2. The lowest BCUT2D eigenvalue weighted by atomic mass is 9.98. The first-order valence-electron chi connectivity index (χ1n) is 10.1. The molecule has 1 heterocycles. The van der Waals surface area contributed by atoms with Gasteiger partial charge in [0.05, 0.1) is 31.9 Å². The topological polar surface area (TPSA) is 88.5 Å². The smallest absolute Gasteiger partial charge is 0.258 e. The second-order valence-corrected chi connectivity index (χ2v) is 7.59. The number of carbonyl (C=O) groups is 1. The SMILES string of the molecule is COCCOCCOc1cccc2c1CN(C(=O)c1cc(C(C)C)c(O)cc1O)C2. The van der Waals surface area contributed by atoms with Gasteiger partial charge in [-0.25, -0.2) is 0 Å². The van der Waals surface area contributed by atoms with Gasteiger partial charge in [-0.2, -0.15) is 0 Å². The molecule has 0 aliphatic carbocycles. The van der Waals surface area contributed by atoms with Crippen LogP contribution in [0.15, 0.2) is 30.3 Å². The molecule has 0 radical (unpaired) electrons. The lowest BCUT2D eigenvalue weighted by Crippen LogP contribution is -2.25. The Hall–Kier alpha value is -2.77. The van der Waals surface area contributed by atoms with Crippen molar-refractivity contribution in [2.75, 3.05) is 33.5 Å². The quantitative estimate of drug-likeness (QED) is 0.610. The van der Waals surface area contributed by atoms with Gasteiger partial charge in [-0.1, -0.05) is 26.0 Å². The number of nitrogens with zero attached hydrogens (tertiary/aromatic N) is 1. The first-order chi connectivity index (χ1) is 14.4. The molecule has 1 amide bonds. The van der Waals surface area contributed by atoms with Crippen molar-refractivity contribution in [3.63, 3.8) is 0 Å². The van der Waals surface area contributed by atoms with E-state index in [1.807, 2.05) is 32.0 Å². The molecule has 162 valence electrons. The lowest BCUT2D eigenvalue weighted by molar-refractivity contribution is 0.0541. The minimum absolute atomic E-state index is 0.00726. The number of phenols is 2. The Kier molecular flexibility index (Phi) is 7.18. The van der Waals surface area contributed by atoms with E-state index in [4.69, 9.17) is 14.2 Å². The van der Waals surface area contributed by atoms with E-state index in [2.05, 4.69) is 0 Å². The van der Waals surface area contributed by atoms with Gasteiger partial charge in [0.1, 0.15) is 23.9 Å². The zero-order valence-corrected chi connectivity index (χ0v) is 17.7. The Morgan fingerprint density at radius 3 is 2.57 bits per heavy atom. The number of amides is 1. The molecule has 3 rings (SSSR count). The highest BCUT2D eigenvalue weighted by atomic mass is 16.5. The summed E-state index contributed by atoms with van der Waals surface area (Å²) in [5.74, 6) is 0.254. The van der Waals surface area contributed by atoms with Gasteiger partial charge in [-0.05, 0) is 29.2 Å². The zero-order valence-electron chi connectivity index (χ0n) is 17.7. The third-order valence-corrected chi connectivity index (χ3v) is 5.14. The number of benzene rings is 2. The number of rotatable bonds is 9. The number of hydrogen-bond acceptors (Lipinski definition) is 6. The average Bonchev–Trinajstić information content (AvgIpc) is 3.15. The molecule has 0 aromatic heterocycles. The predicted octanol–water partition coefficient (Wildman–Crippen LogP) is 3.42. The summed E-state index contributed by atoms with van der Waals surface area (Å²) in [6.45, 7) is 6.60. The minimum Gasteiger partial charge on any atom is -0.508 e. The van der Waals surface area contributed by atoms with Crippen LogP contribution in [0.3, 0.4) is 0 Å². The van der Waals surface area contributed by atoms with Crippen molar-refractivity contribution in [1.82, 2.24) is 4.90 Å². The van der Waals surface area contributed by atoms with Crippen LogP contribution in [0.1, 0.15) is 46.8 Å². The number of hydrogen-bond donors (Lipinski definition) is 2. The molecule has 0 unspecified atom stereocenters. The Morgan fingerprint density at radius 2 is 1.83 bits per heavy atom. The molecule has 0 atom stereocenters. The van der Waals surface area contributed by atoms with Gasteiger partial charge in [-0.15, -0.1) is 0 Å². The monoisotopic (exact) mass is 415 g/mol. The van der Waals surface area contributed by atoms with E-state index in [0.717, 1.165) is 16.9 Å². The van der Waals surface area contributed by atoms with Crippen molar-refractivity contribution in [2.45, 2.75) is 32.9 Å². The number of aromatic hydroxyl groups is 2. The second kappa shape index (κ2) is 9.82. The van der Waals surface area contributed by atoms with E-state index in [9.17, 15) is 15.0 Å². The molecule has 1 aliphatic rings. The van der Waals surface area contributed by atoms with Crippen molar-refractivity contribution in [2.24, 2.45) is 0 Å². The maximum absolute atomic E-state index is 13.1. The van der Waals surface area contributed by atoms with Crippen LogP contribution in [0.5, 0.6) is 17.2 Å². The summed E-state index contributed by atoms with van der Waals surface area (Å²) in [5.41, 5.74) is 2.80. The fourth-order valence-corrected chi connectivity index (χ4v) is 3.52. The first-order valence-corrected chi connectivity index (χ1v) is 10.1. The molecule has 0 saturated heterocycles. The van der Waals surface area contributed by atoms with Crippen LogP contribution in [0, 0.1) is 0 Å².